The molecule has 1 heterocycles. The number of carbonyl (C=O) groups is 2. The lowest BCUT2D eigenvalue weighted by molar-refractivity contribution is 0.0879. The summed E-state index contributed by atoms with van der Waals surface area (Å²) < 4.78 is 0. The van der Waals surface area contributed by atoms with Crippen molar-refractivity contribution in [3.05, 3.63) is 59.7 Å². The molecular weight excluding hydrogens is 244 g/mol. The first kappa shape index (κ1) is 11.3. The van der Waals surface area contributed by atoms with E-state index in [1.807, 2.05) is 30.3 Å². The van der Waals surface area contributed by atoms with Gasteiger partial charge in [0.2, 0.25) is 0 Å². The van der Waals surface area contributed by atoms with Gasteiger partial charge in [-0.25, -0.2) is 5.48 Å². The Labute approximate surface area is 109 Å². The third-order valence-electron chi connectivity index (χ3n) is 2.77. The van der Waals surface area contributed by atoms with E-state index < -0.39 is 5.91 Å². The number of carbonyl (C=O) groups excluding carboxylic acids is 2. The molecule has 0 saturated carbocycles. The molecule has 0 radical (unpaired) electrons. The predicted octanol–water partition coefficient (Wildman–Crippen LogP) is 1.98. The van der Waals surface area contributed by atoms with Crippen LogP contribution in [0, 0.1) is 0 Å². The number of amides is 2. The highest BCUT2D eigenvalue weighted by molar-refractivity contribution is 6.21. The number of rotatable bonds is 3. The van der Waals surface area contributed by atoms with Crippen LogP contribution < -0.4 is 15.6 Å². The van der Waals surface area contributed by atoms with Gasteiger partial charge in [0.25, 0.3) is 11.8 Å². The number of hydrogen-bond acceptors (Lipinski definition) is 4. The Hall–Kier alpha value is -2.82. The maximum Gasteiger partial charge on any atom is 0.259 e. The highest BCUT2D eigenvalue weighted by atomic mass is 16.6. The monoisotopic (exact) mass is 254 g/mol. The van der Waals surface area contributed by atoms with Crippen LogP contribution in [0.3, 0.4) is 0 Å². The number of imide groups is 1. The van der Waals surface area contributed by atoms with Gasteiger partial charge >= 0.3 is 0 Å². The first-order valence-electron chi connectivity index (χ1n) is 5.72. The van der Waals surface area contributed by atoms with Gasteiger partial charge in [-0.1, -0.05) is 18.2 Å². The Morgan fingerprint density at radius 3 is 2.42 bits per heavy atom. The second-order valence-electron chi connectivity index (χ2n) is 4.06. The molecule has 19 heavy (non-hydrogen) atoms. The zero-order chi connectivity index (χ0) is 13.2. The summed E-state index contributed by atoms with van der Waals surface area (Å²) >= 11 is 0. The van der Waals surface area contributed by atoms with Gasteiger partial charge in [0.1, 0.15) is 0 Å². The number of benzene rings is 2. The molecule has 2 amide bonds. The third kappa shape index (κ3) is 2.13. The molecule has 2 N–H and O–H groups in total. The molecule has 0 aliphatic carbocycles. The zero-order valence-corrected chi connectivity index (χ0v) is 9.84. The molecule has 0 fully saturated rings. The lowest BCUT2D eigenvalue weighted by Crippen LogP contribution is -2.19. The first-order chi connectivity index (χ1) is 9.24. The molecule has 2 aromatic carbocycles. The number of nitrogens with one attached hydrogen (secondary N) is 2. The molecule has 0 atom stereocenters. The van der Waals surface area contributed by atoms with Crippen LogP contribution in [0.2, 0.25) is 0 Å². The van der Waals surface area contributed by atoms with Gasteiger partial charge in [-0.05, 0) is 30.3 Å². The largest absolute Gasteiger partial charge is 0.382 e. The van der Waals surface area contributed by atoms with Crippen LogP contribution in [0.15, 0.2) is 48.5 Å². The van der Waals surface area contributed by atoms with Gasteiger partial charge in [-0.15, -0.1) is 0 Å². The average Bonchev–Trinajstić information content (AvgIpc) is 2.73. The summed E-state index contributed by atoms with van der Waals surface area (Å²) in [6.45, 7) is 0. The normalized spacial score (nSPS) is 12.8. The van der Waals surface area contributed by atoms with Gasteiger partial charge in [-0.3, -0.25) is 14.9 Å². The SMILES string of the molecule is O=C1NC(=O)c2cc(ONc3ccccc3)ccc21. The standard InChI is InChI=1S/C14H10N2O3/c17-13-11-7-6-10(8-12(11)14(18)15-13)19-16-9-4-2-1-3-5-9/h1-8,16H,(H,15,17,18). The van der Waals surface area contributed by atoms with E-state index in [-0.39, 0.29) is 5.91 Å². The van der Waals surface area contributed by atoms with Crippen molar-refractivity contribution in [1.29, 1.82) is 0 Å². The molecule has 1 aliphatic rings. The smallest absolute Gasteiger partial charge is 0.259 e. The van der Waals surface area contributed by atoms with Gasteiger partial charge < -0.3 is 4.84 Å². The van der Waals surface area contributed by atoms with E-state index in [4.69, 9.17) is 4.84 Å². The minimum atomic E-state index is -0.398. The number of hydrogen-bond donors (Lipinski definition) is 2. The predicted molar refractivity (Wildman–Crippen MR) is 68.9 cm³/mol. The summed E-state index contributed by atoms with van der Waals surface area (Å²) in [6, 6.07) is 14.1. The van der Waals surface area contributed by atoms with Gasteiger partial charge in [0.05, 0.1) is 16.8 Å². The minimum Gasteiger partial charge on any atom is -0.382 e. The van der Waals surface area contributed by atoms with Crippen LogP contribution >= 0.6 is 0 Å². The lowest BCUT2D eigenvalue weighted by Gasteiger charge is -2.08. The summed E-state index contributed by atoms with van der Waals surface area (Å²) in [5.41, 5.74) is 4.26. The lowest BCUT2D eigenvalue weighted by atomic mass is 10.1. The molecule has 5 nitrogen and oxygen atoms in total. The molecule has 0 spiro atoms. The van der Waals surface area contributed by atoms with Crippen molar-refractivity contribution in [2.45, 2.75) is 0 Å². The summed E-state index contributed by atoms with van der Waals surface area (Å²) in [5, 5.41) is 2.23. The first-order valence-corrected chi connectivity index (χ1v) is 5.72. The Bertz CT molecular complexity index is 653. The van der Waals surface area contributed by atoms with Crippen molar-refractivity contribution in [1.82, 2.24) is 5.32 Å². The van der Waals surface area contributed by atoms with Crippen molar-refractivity contribution in [3.63, 3.8) is 0 Å². The van der Waals surface area contributed by atoms with Crippen LogP contribution in [-0.4, -0.2) is 11.8 Å². The fraction of sp³-hybridized carbons (Fsp3) is 0. The van der Waals surface area contributed by atoms with Gasteiger partial charge in [0.15, 0.2) is 5.75 Å². The van der Waals surface area contributed by atoms with E-state index in [9.17, 15) is 9.59 Å². The van der Waals surface area contributed by atoms with Crippen molar-refractivity contribution in [2.24, 2.45) is 0 Å². The van der Waals surface area contributed by atoms with Crippen LogP contribution in [0.25, 0.3) is 0 Å². The van der Waals surface area contributed by atoms with Crippen LogP contribution in [0.5, 0.6) is 5.75 Å². The number of anilines is 1. The Morgan fingerprint density at radius 1 is 0.895 bits per heavy atom. The highest BCUT2D eigenvalue weighted by Gasteiger charge is 2.26. The second kappa shape index (κ2) is 4.45. The zero-order valence-electron chi connectivity index (χ0n) is 9.84. The van der Waals surface area contributed by atoms with E-state index in [0.717, 1.165) is 5.69 Å². The molecular formula is C14H10N2O3. The average molecular weight is 254 g/mol. The maximum atomic E-state index is 11.5. The van der Waals surface area contributed by atoms with Crippen LogP contribution in [0.1, 0.15) is 20.7 Å². The number of para-hydroxylation sites is 1. The molecule has 0 saturated heterocycles. The van der Waals surface area contributed by atoms with Gasteiger partial charge in [0, 0.05) is 0 Å². The van der Waals surface area contributed by atoms with E-state index >= 15 is 0 Å². The van der Waals surface area contributed by atoms with E-state index in [1.54, 1.807) is 12.1 Å². The van der Waals surface area contributed by atoms with Crippen molar-refractivity contribution < 1.29 is 14.4 Å². The summed E-state index contributed by atoms with van der Waals surface area (Å²) in [6.07, 6.45) is 0. The van der Waals surface area contributed by atoms with Crippen LogP contribution in [-0.2, 0) is 0 Å². The fourth-order valence-corrected chi connectivity index (χ4v) is 1.83. The van der Waals surface area contributed by atoms with Crippen molar-refractivity contribution in [3.8, 4) is 5.75 Å². The topological polar surface area (TPSA) is 67.4 Å². The fourth-order valence-electron chi connectivity index (χ4n) is 1.83. The van der Waals surface area contributed by atoms with Crippen LogP contribution in [0.4, 0.5) is 5.69 Å². The molecule has 0 unspecified atom stereocenters. The molecule has 94 valence electrons. The molecule has 2 aromatic rings. The highest BCUT2D eigenvalue weighted by Crippen LogP contribution is 2.22. The minimum absolute atomic E-state index is 0.331. The molecule has 3 rings (SSSR count). The van der Waals surface area contributed by atoms with E-state index in [2.05, 4.69) is 10.8 Å². The molecule has 5 heteroatoms. The van der Waals surface area contributed by atoms with E-state index in [1.165, 1.54) is 6.07 Å². The summed E-state index contributed by atoms with van der Waals surface area (Å²) in [5.74, 6) is -0.305. The van der Waals surface area contributed by atoms with Crippen molar-refractivity contribution in [2.75, 3.05) is 5.48 Å². The summed E-state index contributed by atoms with van der Waals surface area (Å²) in [4.78, 5) is 28.2. The quantitative estimate of drug-likeness (QED) is 0.649. The van der Waals surface area contributed by atoms with Gasteiger partial charge in [-0.2, -0.15) is 0 Å². The molecule has 1 aliphatic heterocycles. The molecule has 0 aromatic heterocycles. The Balaban J connectivity index is 1.78. The Morgan fingerprint density at radius 2 is 1.63 bits per heavy atom. The van der Waals surface area contributed by atoms with Crippen molar-refractivity contribution >= 4 is 17.5 Å². The maximum absolute atomic E-state index is 11.5. The second-order valence-corrected chi connectivity index (χ2v) is 4.06. The van der Waals surface area contributed by atoms with E-state index in [0.29, 0.717) is 16.9 Å². The molecule has 0 bridgehead atoms. The summed E-state index contributed by atoms with van der Waals surface area (Å²) in [7, 11) is 0. The third-order valence-corrected chi connectivity index (χ3v) is 2.77. The Kier molecular flexibility index (Phi) is 2.64. The number of fused-ring (bicyclic) bond motifs is 1.